The minimum Gasteiger partial charge on any atom is -0.323 e. The Hall–Kier alpha value is 0.0500. The van der Waals surface area contributed by atoms with Crippen molar-refractivity contribution in [1.29, 1.82) is 0 Å². The molecule has 0 unspecified atom stereocenters. The van der Waals surface area contributed by atoms with Gasteiger partial charge in [0.1, 0.15) is 0 Å². The highest BCUT2D eigenvalue weighted by Crippen LogP contribution is 2.34. The number of hydrogen-bond acceptors (Lipinski definition) is 3. The topological polar surface area (TPSA) is 44.4 Å². The molecular formula is C13H16Br3N3O. The van der Waals surface area contributed by atoms with E-state index in [1.165, 1.54) is 0 Å². The van der Waals surface area contributed by atoms with Crippen LogP contribution < -0.4 is 10.6 Å². The third-order valence-electron chi connectivity index (χ3n) is 3.09. The van der Waals surface area contributed by atoms with E-state index >= 15 is 0 Å². The SMILES string of the molecule is C[C@H]1CN(CC(=O)Nc2c(Br)cc(Br)cc2Br)CCN1. The molecule has 1 aromatic carbocycles. The lowest BCUT2D eigenvalue weighted by Gasteiger charge is -2.31. The second kappa shape index (κ2) is 7.35. The van der Waals surface area contributed by atoms with Crippen molar-refractivity contribution >= 4 is 59.4 Å². The fraction of sp³-hybridized carbons (Fsp3) is 0.462. The number of benzene rings is 1. The maximum absolute atomic E-state index is 12.2. The lowest BCUT2D eigenvalue weighted by Crippen LogP contribution is -2.51. The van der Waals surface area contributed by atoms with E-state index in [1.807, 2.05) is 12.1 Å². The predicted molar refractivity (Wildman–Crippen MR) is 92.1 cm³/mol. The summed E-state index contributed by atoms with van der Waals surface area (Å²) in [4.78, 5) is 14.3. The average Bonchev–Trinajstić information content (AvgIpc) is 2.33. The van der Waals surface area contributed by atoms with E-state index in [0.29, 0.717) is 12.6 Å². The first-order valence-corrected chi connectivity index (χ1v) is 8.73. The van der Waals surface area contributed by atoms with E-state index in [1.54, 1.807) is 0 Å². The summed E-state index contributed by atoms with van der Waals surface area (Å²) in [5.74, 6) is 0.00261. The highest BCUT2D eigenvalue weighted by atomic mass is 79.9. The van der Waals surface area contributed by atoms with Crippen LogP contribution in [0.4, 0.5) is 5.69 Å². The van der Waals surface area contributed by atoms with Gasteiger partial charge in [-0.3, -0.25) is 9.69 Å². The van der Waals surface area contributed by atoms with Gasteiger partial charge in [-0.25, -0.2) is 0 Å². The molecule has 0 aromatic heterocycles. The normalized spacial score (nSPS) is 19.9. The van der Waals surface area contributed by atoms with Crippen LogP contribution >= 0.6 is 47.8 Å². The Bertz CT molecular complexity index is 487. The van der Waals surface area contributed by atoms with Gasteiger partial charge in [-0.05, 0) is 50.9 Å². The van der Waals surface area contributed by atoms with Gasteiger partial charge in [-0.15, -0.1) is 0 Å². The van der Waals surface area contributed by atoms with Crippen LogP contribution in [0.15, 0.2) is 25.6 Å². The Labute approximate surface area is 144 Å². The van der Waals surface area contributed by atoms with E-state index in [2.05, 4.69) is 70.2 Å². The summed E-state index contributed by atoms with van der Waals surface area (Å²) >= 11 is 10.3. The van der Waals surface area contributed by atoms with Crippen molar-refractivity contribution in [2.24, 2.45) is 0 Å². The molecule has 4 nitrogen and oxygen atoms in total. The standard InChI is InChI=1S/C13H16Br3N3O/c1-8-6-19(3-2-17-8)7-12(20)18-13-10(15)4-9(14)5-11(13)16/h4-5,8,17H,2-3,6-7H2,1H3,(H,18,20)/t8-/m0/s1. The van der Waals surface area contributed by atoms with E-state index < -0.39 is 0 Å². The number of rotatable bonds is 3. The molecule has 7 heteroatoms. The van der Waals surface area contributed by atoms with Crippen LogP contribution in [-0.4, -0.2) is 43.0 Å². The van der Waals surface area contributed by atoms with Crippen molar-refractivity contribution in [2.75, 3.05) is 31.5 Å². The van der Waals surface area contributed by atoms with Gasteiger partial charge in [-0.1, -0.05) is 15.9 Å². The molecule has 1 heterocycles. The fourth-order valence-electron chi connectivity index (χ4n) is 2.20. The minimum absolute atomic E-state index is 0.00261. The number of halogens is 3. The Kier molecular flexibility index (Phi) is 6.04. The van der Waals surface area contributed by atoms with Gasteiger partial charge >= 0.3 is 0 Å². The number of anilines is 1. The number of hydrogen-bond donors (Lipinski definition) is 2. The minimum atomic E-state index is 0.00261. The van der Waals surface area contributed by atoms with Crippen LogP contribution in [-0.2, 0) is 4.79 Å². The maximum atomic E-state index is 12.2. The molecule has 110 valence electrons. The van der Waals surface area contributed by atoms with Crippen LogP contribution in [0.5, 0.6) is 0 Å². The fourth-order valence-corrected chi connectivity index (χ4v) is 4.66. The molecule has 20 heavy (non-hydrogen) atoms. The molecule has 0 bridgehead atoms. The number of piperazine rings is 1. The Balaban J connectivity index is 1.98. The van der Waals surface area contributed by atoms with Crippen molar-refractivity contribution in [3.63, 3.8) is 0 Å². The van der Waals surface area contributed by atoms with Crippen LogP contribution in [0.3, 0.4) is 0 Å². The molecule has 2 N–H and O–H groups in total. The first kappa shape index (κ1) is 16.4. The smallest absolute Gasteiger partial charge is 0.238 e. The molecule has 0 saturated carbocycles. The summed E-state index contributed by atoms with van der Waals surface area (Å²) in [6.45, 7) is 5.28. The zero-order chi connectivity index (χ0) is 14.7. The van der Waals surface area contributed by atoms with Crippen molar-refractivity contribution in [3.05, 3.63) is 25.6 Å². The van der Waals surface area contributed by atoms with Gasteiger partial charge in [0.2, 0.25) is 5.91 Å². The molecule has 1 amide bonds. The molecular weight excluding hydrogens is 454 g/mol. The van der Waals surface area contributed by atoms with Crippen LogP contribution in [0.25, 0.3) is 0 Å². The van der Waals surface area contributed by atoms with Gasteiger partial charge in [0.15, 0.2) is 0 Å². The Morgan fingerprint density at radius 3 is 2.65 bits per heavy atom. The first-order chi connectivity index (χ1) is 9.45. The number of nitrogens with zero attached hydrogens (tertiary/aromatic N) is 1. The Morgan fingerprint density at radius 1 is 1.40 bits per heavy atom. The van der Waals surface area contributed by atoms with Gasteiger partial charge < -0.3 is 10.6 Å². The van der Waals surface area contributed by atoms with Gasteiger partial charge in [-0.2, -0.15) is 0 Å². The number of amides is 1. The zero-order valence-corrected chi connectivity index (χ0v) is 15.8. The van der Waals surface area contributed by atoms with E-state index in [4.69, 9.17) is 0 Å². The quantitative estimate of drug-likeness (QED) is 0.714. The Morgan fingerprint density at radius 2 is 2.05 bits per heavy atom. The summed E-state index contributed by atoms with van der Waals surface area (Å²) in [6, 6.07) is 4.25. The summed E-state index contributed by atoms with van der Waals surface area (Å²) < 4.78 is 2.65. The van der Waals surface area contributed by atoms with E-state index in [0.717, 1.165) is 38.7 Å². The lowest BCUT2D eigenvalue weighted by atomic mass is 10.2. The number of carbonyl (C=O) groups excluding carboxylic acids is 1. The molecule has 1 saturated heterocycles. The second-order valence-corrected chi connectivity index (χ2v) is 7.51. The predicted octanol–water partition coefficient (Wildman–Crippen LogP) is 3.21. The molecule has 0 aliphatic carbocycles. The van der Waals surface area contributed by atoms with Crippen molar-refractivity contribution in [2.45, 2.75) is 13.0 Å². The molecule has 2 rings (SSSR count). The van der Waals surface area contributed by atoms with Crippen LogP contribution in [0.1, 0.15) is 6.92 Å². The molecule has 0 radical (unpaired) electrons. The largest absolute Gasteiger partial charge is 0.323 e. The maximum Gasteiger partial charge on any atom is 0.238 e. The van der Waals surface area contributed by atoms with Gasteiger partial charge in [0.25, 0.3) is 0 Å². The van der Waals surface area contributed by atoms with Crippen molar-refractivity contribution < 1.29 is 4.79 Å². The summed E-state index contributed by atoms with van der Waals surface area (Å²) in [7, 11) is 0. The average molecular weight is 470 g/mol. The highest BCUT2D eigenvalue weighted by molar-refractivity contribution is 9.11. The molecule has 1 atom stereocenters. The lowest BCUT2D eigenvalue weighted by molar-refractivity contribution is -0.117. The van der Waals surface area contributed by atoms with Crippen molar-refractivity contribution in [1.82, 2.24) is 10.2 Å². The van der Waals surface area contributed by atoms with Gasteiger partial charge in [0.05, 0.1) is 12.2 Å². The van der Waals surface area contributed by atoms with Crippen LogP contribution in [0, 0.1) is 0 Å². The number of carbonyl (C=O) groups is 1. The molecule has 1 aromatic rings. The third kappa shape index (κ3) is 4.53. The molecule has 1 aliphatic heterocycles. The summed E-state index contributed by atoms with van der Waals surface area (Å²) in [5, 5.41) is 6.32. The van der Waals surface area contributed by atoms with E-state index in [9.17, 15) is 4.79 Å². The van der Waals surface area contributed by atoms with E-state index in [-0.39, 0.29) is 5.91 Å². The zero-order valence-electron chi connectivity index (χ0n) is 11.0. The highest BCUT2D eigenvalue weighted by Gasteiger charge is 2.19. The van der Waals surface area contributed by atoms with Gasteiger partial charge in [0, 0.05) is 39.1 Å². The molecule has 1 fully saturated rings. The third-order valence-corrected chi connectivity index (χ3v) is 4.80. The summed E-state index contributed by atoms with van der Waals surface area (Å²) in [6.07, 6.45) is 0. The second-order valence-electron chi connectivity index (χ2n) is 4.88. The summed E-state index contributed by atoms with van der Waals surface area (Å²) in [5.41, 5.74) is 0.765. The number of nitrogens with one attached hydrogen (secondary N) is 2. The molecule has 0 spiro atoms. The van der Waals surface area contributed by atoms with Crippen molar-refractivity contribution in [3.8, 4) is 0 Å². The monoisotopic (exact) mass is 467 g/mol. The molecule has 1 aliphatic rings. The van der Waals surface area contributed by atoms with Crippen LogP contribution in [0.2, 0.25) is 0 Å². The first-order valence-electron chi connectivity index (χ1n) is 6.36.